The summed E-state index contributed by atoms with van der Waals surface area (Å²) in [6, 6.07) is 8.15. The van der Waals surface area contributed by atoms with E-state index in [1.165, 1.54) is 10.5 Å². The largest absolute Gasteiger partial charge is 0.469 e. The van der Waals surface area contributed by atoms with Crippen LogP contribution in [0.4, 0.5) is 0 Å². The maximum atomic E-state index is 5.74. The Morgan fingerprint density at radius 1 is 1.30 bits per heavy atom. The van der Waals surface area contributed by atoms with Gasteiger partial charge in [-0.2, -0.15) is 0 Å². The summed E-state index contributed by atoms with van der Waals surface area (Å²) in [6.07, 6.45) is 4.72. The normalized spacial score (nSPS) is 17.9. The Morgan fingerprint density at radius 2 is 2.25 bits per heavy atom. The molecule has 1 unspecified atom stereocenters. The van der Waals surface area contributed by atoms with Crippen LogP contribution in [-0.2, 0) is 0 Å². The van der Waals surface area contributed by atoms with Crippen LogP contribution in [0.15, 0.2) is 44.7 Å². The minimum absolute atomic E-state index is 0.138. The van der Waals surface area contributed by atoms with Gasteiger partial charge in [-0.25, -0.2) is 4.98 Å². The molecule has 0 bridgehead atoms. The Hall–Kier alpha value is -2.07. The fourth-order valence-electron chi connectivity index (χ4n) is 2.70. The molecular formula is C16H13NO2S. The molecule has 0 saturated carbocycles. The van der Waals surface area contributed by atoms with E-state index in [-0.39, 0.29) is 5.92 Å². The number of aromatic nitrogens is 1. The molecule has 0 aromatic carbocycles. The molecule has 0 spiro atoms. The fourth-order valence-corrected chi connectivity index (χ4v) is 3.46. The molecule has 4 rings (SSSR count). The number of rotatable bonds is 2. The number of allylic oxidation sites excluding steroid dienone is 1. The van der Waals surface area contributed by atoms with Crippen LogP contribution < -0.4 is 0 Å². The predicted molar refractivity (Wildman–Crippen MR) is 78.6 cm³/mol. The maximum absolute atomic E-state index is 5.74. The molecule has 0 saturated heterocycles. The first-order valence-electron chi connectivity index (χ1n) is 6.56. The Bertz CT molecular complexity index is 751. The second-order valence-electron chi connectivity index (χ2n) is 4.90. The van der Waals surface area contributed by atoms with E-state index in [9.17, 15) is 0 Å². The van der Waals surface area contributed by atoms with Gasteiger partial charge in [0.2, 0.25) is 0 Å². The van der Waals surface area contributed by atoms with Crippen LogP contribution in [0.25, 0.3) is 11.6 Å². The van der Waals surface area contributed by atoms with Crippen LogP contribution in [0, 0.1) is 6.92 Å². The van der Waals surface area contributed by atoms with E-state index in [1.54, 1.807) is 17.6 Å². The smallest absolute Gasteiger partial charge is 0.192 e. The lowest BCUT2D eigenvalue weighted by atomic mass is 9.87. The van der Waals surface area contributed by atoms with E-state index in [0.29, 0.717) is 5.89 Å². The molecule has 3 aromatic rings. The Kier molecular flexibility index (Phi) is 2.63. The van der Waals surface area contributed by atoms with Crippen molar-refractivity contribution in [3.63, 3.8) is 0 Å². The van der Waals surface area contributed by atoms with Gasteiger partial charge in [0.05, 0.1) is 17.9 Å². The highest BCUT2D eigenvalue weighted by Gasteiger charge is 2.30. The summed E-state index contributed by atoms with van der Waals surface area (Å²) in [5, 5.41) is 2.10. The molecule has 3 nitrogen and oxygen atoms in total. The van der Waals surface area contributed by atoms with Gasteiger partial charge in [-0.15, -0.1) is 11.3 Å². The summed E-state index contributed by atoms with van der Waals surface area (Å²) < 4.78 is 11.3. The van der Waals surface area contributed by atoms with Gasteiger partial charge < -0.3 is 8.83 Å². The van der Waals surface area contributed by atoms with Crippen LogP contribution in [0.3, 0.4) is 0 Å². The number of aryl methyl sites for hydroxylation is 1. The first-order valence-corrected chi connectivity index (χ1v) is 7.44. The van der Waals surface area contributed by atoms with Crippen molar-refractivity contribution in [1.82, 2.24) is 4.98 Å². The Morgan fingerprint density at radius 3 is 3.00 bits per heavy atom. The van der Waals surface area contributed by atoms with Gasteiger partial charge in [0.15, 0.2) is 11.7 Å². The molecule has 0 N–H and O–H groups in total. The van der Waals surface area contributed by atoms with Gasteiger partial charge >= 0.3 is 0 Å². The summed E-state index contributed by atoms with van der Waals surface area (Å²) in [5.41, 5.74) is 2.27. The van der Waals surface area contributed by atoms with Gasteiger partial charge in [0.25, 0.3) is 0 Å². The SMILES string of the molecule is Cc1nc2c(o1)C=C(c1cccs1)CC2c1ccco1. The molecule has 4 heteroatoms. The molecule has 1 aliphatic carbocycles. The summed E-state index contributed by atoms with van der Waals surface area (Å²) in [6.45, 7) is 1.89. The van der Waals surface area contributed by atoms with Crippen molar-refractivity contribution >= 4 is 23.0 Å². The van der Waals surface area contributed by atoms with E-state index in [2.05, 4.69) is 28.6 Å². The molecule has 1 atom stereocenters. The molecular weight excluding hydrogens is 270 g/mol. The Labute approximate surface area is 120 Å². The van der Waals surface area contributed by atoms with E-state index >= 15 is 0 Å². The third-order valence-corrected chi connectivity index (χ3v) is 4.52. The zero-order valence-electron chi connectivity index (χ0n) is 11.0. The monoisotopic (exact) mass is 283 g/mol. The van der Waals surface area contributed by atoms with E-state index in [4.69, 9.17) is 8.83 Å². The molecule has 0 amide bonds. The number of furan rings is 1. The van der Waals surface area contributed by atoms with Gasteiger partial charge in [0.1, 0.15) is 5.76 Å². The number of nitrogens with zero attached hydrogens (tertiary/aromatic N) is 1. The van der Waals surface area contributed by atoms with Gasteiger partial charge in [0, 0.05) is 11.8 Å². The van der Waals surface area contributed by atoms with Gasteiger partial charge in [-0.1, -0.05) is 6.07 Å². The third kappa shape index (κ3) is 1.84. The van der Waals surface area contributed by atoms with Crippen LogP contribution in [-0.4, -0.2) is 4.98 Å². The quantitative estimate of drug-likeness (QED) is 0.683. The average molecular weight is 283 g/mol. The lowest BCUT2D eigenvalue weighted by Crippen LogP contribution is -2.07. The molecule has 100 valence electrons. The molecule has 0 fully saturated rings. The second-order valence-corrected chi connectivity index (χ2v) is 5.85. The van der Waals surface area contributed by atoms with Crippen molar-refractivity contribution in [2.45, 2.75) is 19.3 Å². The van der Waals surface area contributed by atoms with E-state index in [0.717, 1.165) is 23.6 Å². The van der Waals surface area contributed by atoms with Crippen molar-refractivity contribution in [3.05, 3.63) is 63.9 Å². The lowest BCUT2D eigenvalue weighted by Gasteiger charge is -2.19. The number of hydrogen-bond acceptors (Lipinski definition) is 4. The van der Waals surface area contributed by atoms with E-state index in [1.807, 2.05) is 19.1 Å². The van der Waals surface area contributed by atoms with E-state index < -0.39 is 0 Å². The highest BCUT2D eigenvalue weighted by atomic mass is 32.1. The van der Waals surface area contributed by atoms with Gasteiger partial charge in [-0.3, -0.25) is 0 Å². The standard InChI is InChI=1S/C16H13NO2S/c1-10-17-16-12(13-4-2-6-18-13)8-11(9-14(16)19-10)15-5-3-7-20-15/h2-7,9,12H,8H2,1H3. The summed E-state index contributed by atoms with van der Waals surface area (Å²) >= 11 is 1.75. The molecule has 3 aromatic heterocycles. The average Bonchev–Trinajstić information content (AvgIpc) is 3.18. The van der Waals surface area contributed by atoms with Crippen LogP contribution in [0.5, 0.6) is 0 Å². The number of fused-ring (bicyclic) bond motifs is 1. The highest BCUT2D eigenvalue weighted by Crippen LogP contribution is 2.42. The topological polar surface area (TPSA) is 39.2 Å². The molecule has 0 aliphatic heterocycles. The van der Waals surface area contributed by atoms with Crippen molar-refractivity contribution in [1.29, 1.82) is 0 Å². The molecule has 3 heterocycles. The minimum atomic E-state index is 0.138. The summed E-state index contributed by atoms with van der Waals surface area (Å²) in [7, 11) is 0. The highest BCUT2D eigenvalue weighted by molar-refractivity contribution is 7.11. The second kappa shape index (κ2) is 4.49. The fraction of sp³-hybridized carbons (Fsp3) is 0.188. The first-order chi connectivity index (χ1) is 9.81. The zero-order valence-corrected chi connectivity index (χ0v) is 11.8. The lowest BCUT2D eigenvalue weighted by molar-refractivity contribution is 0.478. The van der Waals surface area contributed by atoms with Crippen molar-refractivity contribution in [2.24, 2.45) is 0 Å². The minimum Gasteiger partial charge on any atom is -0.469 e. The van der Waals surface area contributed by atoms with Crippen molar-refractivity contribution in [3.8, 4) is 0 Å². The third-order valence-electron chi connectivity index (χ3n) is 3.57. The first kappa shape index (κ1) is 11.7. The number of thiophene rings is 1. The van der Waals surface area contributed by atoms with Crippen molar-refractivity contribution < 1.29 is 8.83 Å². The Balaban J connectivity index is 1.85. The van der Waals surface area contributed by atoms with Crippen LogP contribution in [0.1, 0.15) is 40.3 Å². The van der Waals surface area contributed by atoms with Crippen LogP contribution in [0.2, 0.25) is 0 Å². The van der Waals surface area contributed by atoms with Gasteiger partial charge in [-0.05, 0) is 41.6 Å². The zero-order chi connectivity index (χ0) is 13.5. The predicted octanol–water partition coefficient (Wildman–Crippen LogP) is 4.71. The molecule has 0 radical (unpaired) electrons. The molecule has 20 heavy (non-hydrogen) atoms. The summed E-state index contributed by atoms with van der Waals surface area (Å²) in [4.78, 5) is 5.82. The molecule has 1 aliphatic rings. The van der Waals surface area contributed by atoms with Crippen molar-refractivity contribution in [2.75, 3.05) is 0 Å². The number of hydrogen-bond donors (Lipinski definition) is 0. The maximum Gasteiger partial charge on any atom is 0.192 e. The van der Waals surface area contributed by atoms with Crippen LogP contribution >= 0.6 is 11.3 Å². The summed E-state index contributed by atoms with van der Waals surface area (Å²) in [5.74, 6) is 2.65. The number of oxazole rings is 1.